The number of rotatable bonds is 5. The molecule has 0 unspecified atom stereocenters. The first kappa shape index (κ1) is 16.1. The van der Waals surface area contributed by atoms with Crippen LogP contribution in [0.25, 0.3) is 11.3 Å². The van der Waals surface area contributed by atoms with Crippen LogP contribution in [-0.2, 0) is 16.0 Å². The molecule has 6 heteroatoms. The highest BCUT2D eigenvalue weighted by molar-refractivity contribution is 5.88. The maximum absolute atomic E-state index is 11.9. The molecule has 1 aromatic carbocycles. The maximum atomic E-state index is 11.9. The standard InChI is InChI=1S/C19H23N3O3/c1-24-19(23)17-12-18(22(20-17)13-14-2-3-14)15-4-6-16(7-5-15)21-8-10-25-11-9-21/h4-7,12,14H,2-3,8-11,13H2,1H3. The van der Waals surface area contributed by atoms with Crippen molar-refractivity contribution in [3.63, 3.8) is 0 Å². The summed E-state index contributed by atoms with van der Waals surface area (Å²) in [5.41, 5.74) is 3.62. The molecule has 6 nitrogen and oxygen atoms in total. The molecule has 0 bridgehead atoms. The van der Waals surface area contributed by atoms with Crippen molar-refractivity contribution in [3.05, 3.63) is 36.0 Å². The van der Waals surface area contributed by atoms with Crippen LogP contribution in [0.15, 0.2) is 30.3 Å². The van der Waals surface area contributed by atoms with Crippen LogP contribution in [0, 0.1) is 5.92 Å². The fourth-order valence-electron chi connectivity index (χ4n) is 3.20. The predicted molar refractivity (Wildman–Crippen MR) is 94.8 cm³/mol. The van der Waals surface area contributed by atoms with Crippen LogP contribution in [0.5, 0.6) is 0 Å². The van der Waals surface area contributed by atoms with E-state index >= 15 is 0 Å². The largest absolute Gasteiger partial charge is 0.464 e. The van der Waals surface area contributed by atoms with Gasteiger partial charge in [0.25, 0.3) is 0 Å². The SMILES string of the molecule is COC(=O)c1cc(-c2ccc(N3CCOCC3)cc2)n(CC2CC2)n1. The van der Waals surface area contributed by atoms with Gasteiger partial charge in [-0.1, -0.05) is 12.1 Å². The van der Waals surface area contributed by atoms with Gasteiger partial charge in [-0.15, -0.1) is 0 Å². The third kappa shape index (κ3) is 3.54. The van der Waals surface area contributed by atoms with Crippen molar-refractivity contribution >= 4 is 11.7 Å². The third-order valence-corrected chi connectivity index (χ3v) is 4.84. The first-order valence-electron chi connectivity index (χ1n) is 8.84. The van der Waals surface area contributed by atoms with Crippen molar-refractivity contribution in [1.82, 2.24) is 9.78 Å². The molecule has 2 aromatic rings. The van der Waals surface area contributed by atoms with E-state index in [1.165, 1.54) is 25.6 Å². The zero-order chi connectivity index (χ0) is 17.2. The minimum atomic E-state index is -0.388. The number of esters is 1. The maximum Gasteiger partial charge on any atom is 0.358 e. The Morgan fingerprint density at radius 1 is 1.24 bits per heavy atom. The van der Waals surface area contributed by atoms with Crippen molar-refractivity contribution in [2.75, 3.05) is 38.3 Å². The second-order valence-corrected chi connectivity index (χ2v) is 6.68. The van der Waals surface area contributed by atoms with E-state index in [0.29, 0.717) is 11.6 Å². The zero-order valence-electron chi connectivity index (χ0n) is 14.5. The Balaban J connectivity index is 1.60. The zero-order valence-corrected chi connectivity index (χ0v) is 14.5. The number of carbonyl (C=O) groups excluding carboxylic acids is 1. The molecular weight excluding hydrogens is 318 g/mol. The summed E-state index contributed by atoms with van der Waals surface area (Å²) >= 11 is 0. The number of hydrogen-bond donors (Lipinski definition) is 0. The molecule has 2 aliphatic rings. The van der Waals surface area contributed by atoms with Crippen LogP contribution in [0.3, 0.4) is 0 Å². The normalized spacial score (nSPS) is 17.6. The molecule has 1 aliphatic heterocycles. The summed E-state index contributed by atoms with van der Waals surface area (Å²) < 4.78 is 12.2. The number of benzene rings is 1. The average Bonchev–Trinajstić information content (AvgIpc) is 3.39. The fraction of sp³-hybridized carbons (Fsp3) is 0.474. The van der Waals surface area contributed by atoms with Crippen LogP contribution in [0.4, 0.5) is 5.69 Å². The molecule has 0 amide bonds. The predicted octanol–water partition coefficient (Wildman–Crippen LogP) is 2.58. The van der Waals surface area contributed by atoms with E-state index in [-0.39, 0.29) is 5.97 Å². The lowest BCUT2D eigenvalue weighted by Crippen LogP contribution is -2.36. The van der Waals surface area contributed by atoms with Crippen molar-refractivity contribution in [2.45, 2.75) is 19.4 Å². The Morgan fingerprint density at radius 3 is 2.60 bits per heavy atom. The highest BCUT2D eigenvalue weighted by atomic mass is 16.5. The molecule has 1 saturated heterocycles. The fourth-order valence-corrected chi connectivity index (χ4v) is 3.20. The van der Waals surface area contributed by atoms with Crippen LogP contribution in [0.2, 0.25) is 0 Å². The number of methoxy groups -OCH3 is 1. The van der Waals surface area contributed by atoms with Crippen molar-refractivity contribution in [3.8, 4) is 11.3 Å². The molecule has 25 heavy (non-hydrogen) atoms. The van der Waals surface area contributed by atoms with Gasteiger partial charge in [0.15, 0.2) is 5.69 Å². The summed E-state index contributed by atoms with van der Waals surface area (Å²) in [5.74, 6) is 0.289. The molecule has 132 valence electrons. The van der Waals surface area contributed by atoms with Crippen LogP contribution < -0.4 is 4.90 Å². The Hall–Kier alpha value is -2.34. The van der Waals surface area contributed by atoms with E-state index in [0.717, 1.165) is 44.1 Å². The number of anilines is 1. The van der Waals surface area contributed by atoms with Gasteiger partial charge in [-0.3, -0.25) is 4.68 Å². The smallest absolute Gasteiger partial charge is 0.358 e. The van der Waals surface area contributed by atoms with Gasteiger partial charge in [0.1, 0.15) is 0 Å². The Labute approximate surface area is 147 Å². The van der Waals surface area contributed by atoms with E-state index in [2.05, 4.69) is 34.3 Å². The minimum Gasteiger partial charge on any atom is -0.464 e. The van der Waals surface area contributed by atoms with E-state index in [4.69, 9.17) is 9.47 Å². The van der Waals surface area contributed by atoms with Gasteiger partial charge in [-0.25, -0.2) is 4.79 Å². The molecular formula is C19H23N3O3. The van der Waals surface area contributed by atoms with Gasteiger partial charge >= 0.3 is 5.97 Å². The summed E-state index contributed by atoms with van der Waals surface area (Å²) in [7, 11) is 1.39. The van der Waals surface area contributed by atoms with Gasteiger partial charge in [0.05, 0.1) is 26.0 Å². The van der Waals surface area contributed by atoms with Crippen LogP contribution in [0.1, 0.15) is 23.3 Å². The number of nitrogens with zero attached hydrogens (tertiary/aromatic N) is 3. The molecule has 2 fully saturated rings. The number of carbonyl (C=O) groups is 1. The van der Waals surface area contributed by atoms with Crippen molar-refractivity contribution in [1.29, 1.82) is 0 Å². The lowest BCUT2D eigenvalue weighted by atomic mass is 10.1. The molecule has 0 radical (unpaired) electrons. The second-order valence-electron chi connectivity index (χ2n) is 6.68. The Bertz CT molecular complexity index is 744. The van der Waals surface area contributed by atoms with E-state index in [1.807, 2.05) is 10.7 Å². The molecule has 0 spiro atoms. The van der Waals surface area contributed by atoms with E-state index in [9.17, 15) is 4.79 Å². The summed E-state index contributed by atoms with van der Waals surface area (Å²) in [6.07, 6.45) is 2.48. The quantitative estimate of drug-likeness (QED) is 0.783. The van der Waals surface area contributed by atoms with Gasteiger partial charge in [-0.2, -0.15) is 5.10 Å². The Kier molecular flexibility index (Phi) is 4.44. The first-order chi connectivity index (χ1) is 12.2. The number of morpholine rings is 1. The summed E-state index contributed by atoms with van der Waals surface area (Å²) in [6.45, 7) is 4.26. The number of hydrogen-bond acceptors (Lipinski definition) is 5. The van der Waals surface area contributed by atoms with Crippen LogP contribution >= 0.6 is 0 Å². The minimum absolute atomic E-state index is 0.371. The molecule has 2 heterocycles. The highest BCUT2D eigenvalue weighted by Gasteiger charge is 2.25. The summed E-state index contributed by atoms with van der Waals surface area (Å²) in [4.78, 5) is 14.2. The molecule has 1 saturated carbocycles. The van der Waals surface area contributed by atoms with Gasteiger partial charge in [0, 0.05) is 25.3 Å². The average molecular weight is 341 g/mol. The lowest BCUT2D eigenvalue weighted by molar-refractivity contribution is 0.0593. The van der Waals surface area contributed by atoms with Crippen LogP contribution in [-0.4, -0.2) is 49.2 Å². The lowest BCUT2D eigenvalue weighted by Gasteiger charge is -2.28. The third-order valence-electron chi connectivity index (χ3n) is 4.84. The van der Waals surface area contributed by atoms with E-state index < -0.39 is 0 Å². The number of ether oxygens (including phenoxy) is 2. The van der Waals surface area contributed by atoms with Crippen molar-refractivity contribution in [2.24, 2.45) is 5.92 Å². The highest BCUT2D eigenvalue weighted by Crippen LogP contribution is 2.33. The first-order valence-corrected chi connectivity index (χ1v) is 8.84. The van der Waals surface area contributed by atoms with Gasteiger partial charge in [-0.05, 0) is 42.5 Å². The molecule has 0 atom stereocenters. The summed E-state index contributed by atoms with van der Waals surface area (Å²) in [6, 6.07) is 10.3. The number of aromatic nitrogens is 2. The van der Waals surface area contributed by atoms with Crippen molar-refractivity contribution < 1.29 is 14.3 Å². The topological polar surface area (TPSA) is 56.6 Å². The molecule has 0 N–H and O–H groups in total. The van der Waals surface area contributed by atoms with E-state index in [1.54, 1.807) is 0 Å². The molecule has 4 rings (SSSR count). The Morgan fingerprint density at radius 2 is 1.96 bits per heavy atom. The van der Waals surface area contributed by atoms with Gasteiger partial charge < -0.3 is 14.4 Å². The monoisotopic (exact) mass is 341 g/mol. The second kappa shape index (κ2) is 6.88. The van der Waals surface area contributed by atoms with Gasteiger partial charge in [0.2, 0.25) is 0 Å². The summed E-state index contributed by atoms with van der Waals surface area (Å²) in [5, 5.41) is 4.46. The molecule has 1 aliphatic carbocycles. The molecule has 1 aromatic heterocycles.